The lowest BCUT2D eigenvalue weighted by atomic mass is 9.99. The molecule has 4 N–H and O–H groups in total. The molecule has 274 valence electrons. The number of amides is 2. The highest BCUT2D eigenvalue weighted by Gasteiger charge is 2.47. The van der Waals surface area contributed by atoms with Crippen molar-refractivity contribution in [3.63, 3.8) is 0 Å². The largest absolute Gasteiger partial charge is 0.407 e. The maximum Gasteiger partial charge on any atom is 0.407 e. The number of benzene rings is 2. The minimum Gasteiger partial charge on any atom is -0.342 e. The van der Waals surface area contributed by atoms with Gasteiger partial charge in [0.05, 0.1) is 30.3 Å². The van der Waals surface area contributed by atoms with E-state index in [0.29, 0.717) is 36.1 Å². The monoisotopic (exact) mass is 914 g/mol. The summed E-state index contributed by atoms with van der Waals surface area (Å²) in [6, 6.07) is 16.5. The van der Waals surface area contributed by atoms with E-state index in [1.54, 1.807) is 18.3 Å². The van der Waals surface area contributed by atoms with Crippen molar-refractivity contribution in [3.8, 4) is 12.1 Å². The van der Waals surface area contributed by atoms with Gasteiger partial charge in [0.15, 0.2) is 0 Å². The molecule has 2 amide bonds. The summed E-state index contributed by atoms with van der Waals surface area (Å²) in [6.07, 6.45) is -2.01. The fourth-order valence-electron chi connectivity index (χ4n) is 5.18. The minimum atomic E-state index is -4.55. The molecular formula is C36H40Br3F3N6O2S. The molecule has 3 aromatic rings. The van der Waals surface area contributed by atoms with Gasteiger partial charge in [-0.1, -0.05) is 83.3 Å². The number of thiophene rings is 1. The first kappa shape index (κ1) is 42.6. The van der Waals surface area contributed by atoms with Crippen LogP contribution < -0.4 is 21.3 Å². The second kappa shape index (κ2) is 19.9. The molecule has 2 aromatic carbocycles. The van der Waals surface area contributed by atoms with E-state index >= 15 is 0 Å². The lowest BCUT2D eigenvalue weighted by molar-refractivity contribution is -0.161. The molecule has 1 aliphatic carbocycles. The summed E-state index contributed by atoms with van der Waals surface area (Å²) in [6.45, 7) is 5.98. The van der Waals surface area contributed by atoms with Crippen LogP contribution in [-0.4, -0.2) is 42.2 Å². The molecule has 1 heterocycles. The Labute approximate surface area is 326 Å². The first-order chi connectivity index (χ1) is 24.1. The molecule has 51 heavy (non-hydrogen) atoms. The standard InChI is InChI=1S/C19H21Br2N3OS.C17H19BrF3N3O/c1-12(2)9-16(19(25)23-8-7-22)24-18(17-10-15(21)11-26-17)13-3-5-14(20)6-4-13;1-2-3-13(15(25)24-16(10-22)8-9-16)23-14(17(19,20)21)11-4-6-12(18)7-5-11/h3-6,10-12,16,18,24H,8-9H2,1-2H3,(H,23,25);4-7,13-14,23H,2-3,8-9H2,1H3,(H,24,25)/t16-,18-;13-,14-/m00/s1. The van der Waals surface area contributed by atoms with Gasteiger partial charge < -0.3 is 10.6 Å². The van der Waals surface area contributed by atoms with Crippen LogP contribution in [-0.2, 0) is 9.59 Å². The van der Waals surface area contributed by atoms with Gasteiger partial charge in [-0.25, -0.2) is 0 Å². The number of carbonyl (C=O) groups is 2. The van der Waals surface area contributed by atoms with Crippen LogP contribution in [0.4, 0.5) is 13.2 Å². The van der Waals surface area contributed by atoms with Crippen molar-refractivity contribution in [2.75, 3.05) is 6.54 Å². The molecule has 1 aromatic heterocycles. The Kier molecular flexibility index (Phi) is 16.6. The van der Waals surface area contributed by atoms with Crippen molar-refractivity contribution in [1.82, 2.24) is 21.3 Å². The summed E-state index contributed by atoms with van der Waals surface area (Å²) in [7, 11) is 0. The van der Waals surface area contributed by atoms with Gasteiger partial charge in [0.25, 0.3) is 0 Å². The third kappa shape index (κ3) is 13.6. The highest BCUT2D eigenvalue weighted by molar-refractivity contribution is 9.11. The number of halogens is 6. The van der Waals surface area contributed by atoms with Gasteiger partial charge in [0, 0.05) is 23.7 Å². The van der Waals surface area contributed by atoms with E-state index in [4.69, 9.17) is 10.5 Å². The second-order valence-corrected chi connectivity index (χ2v) is 16.3. The summed E-state index contributed by atoms with van der Waals surface area (Å²) in [5.41, 5.74) is 0.214. The van der Waals surface area contributed by atoms with Crippen molar-refractivity contribution >= 4 is 70.9 Å². The van der Waals surface area contributed by atoms with E-state index in [9.17, 15) is 22.8 Å². The quantitative estimate of drug-likeness (QED) is 0.113. The number of hydrogen-bond donors (Lipinski definition) is 4. The zero-order chi connectivity index (χ0) is 37.8. The number of nitriles is 2. The smallest absolute Gasteiger partial charge is 0.342 e. The van der Waals surface area contributed by atoms with E-state index in [-0.39, 0.29) is 36.5 Å². The summed E-state index contributed by atoms with van der Waals surface area (Å²) in [4.78, 5) is 26.1. The van der Waals surface area contributed by atoms with Gasteiger partial charge in [0.1, 0.15) is 18.1 Å². The Hall–Kier alpha value is -2.79. The third-order valence-electron chi connectivity index (χ3n) is 7.93. The van der Waals surface area contributed by atoms with Crippen LogP contribution in [0.5, 0.6) is 0 Å². The van der Waals surface area contributed by atoms with E-state index in [2.05, 4.69) is 101 Å². The zero-order valence-electron chi connectivity index (χ0n) is 28.3. The van der Waals surface area contributed by atoms with E-state index < -0.39 is 29.7 Å². The predicted molar refractivity (Wildman–Crippen MR) is 203 cm³/mol. The molecule has 0 saturated heterocycles. The van der Waals surface area contributed by atoms with Gasteiger partial charge >= 0.3 is 6.18 Å². The van der Waals surface area contributed by atoms with Crippen molar-refractivity contribution in [2.24, 2.45) is 5.92 Å². The second-order valence-electron chi connectivity index (χ2n) is 12.6. The third-order valence-corrected chi connectivity index (χ3v) is 10.7. The topological polar surface area (TPSA) is 130 Å². The number of nitrogens with zero attached hydrogens (tertiary/aromatic N) is 2. The molecule has 8 nitrogen and oxygen atoms in total. The van der Waals surface area contributed by atoms with Crippen LogP contribution in [0.3, 0.4) is 0 Å². The van der Waals surface area contributed by atoms with Crippen LogP contribution in [0.25, 0.3) is 0 Å². The van der Waals surface area contributed by atoms with Gasteiger partial charge in [0.2, 0.25) is 11.8 Å². The number of nitrogens with one attached hydrogen (secondary N) is 4. The van der Waals surface area contributed by atoms with Crippen molar-refractivity contribution in [2.45, 2.75) is 88.8 Å². The molecule has 1 fully saturated rings. The molecule has 0 aliphatic heterocycles. The Morgan fingerprint density at radius 3 is 1.94 bits per heavy atom. The Bertz CT molecular complexity index is 1670. The molecule has 4 rings (SSSR count). The van der Waals surface area contributed by atoms with Crippen LogP contribution in [0, 0.1) is 28.6 Å². The molecule has 0 radical (unpaired) electrons. The van der Waals surface area contributed by atoms with E-state index in [1.807, 2.05) is 29.7 Å². The molecule has 1 aliphatic rings. The van der Waals surface area contributed by atoms with Crippen molar-refractivity contribution < 1.29 is 22.8 Å². The molecule has 15 heteroatoms. The first-order valence-electron chi connectivity index (χ1n) is 16.3. The van der Waals surface area contributed by atoms with Crippen LogP contribution in [0.15, 0.2) is 73.4 Å². The van der Waals surface area contributed by atoms with Crippen LogP contribution in [0.1, 0.15) is 81.0 Å². The van der Waals surface area contributed by atoms with Gasteiger partial charge in [-0.05, 0) is 89.0 Å². The number of hydrogen-bond acceptors (Lipinski definition) is 7. The molecule has 0 unspecified atom stereocenters. The summed E-state index contributed by atoms with van der Waals surface area (Å²) < 4.78 is 43.3. The predicted octanol–water partition coefficient (Wildman–Crippen LogP) is 8.99. The van der Waals surface area contributed by atoms with E-state index in [1.165, 1.54) is 24.3 Å². The molecular weight excluding hydrogens is 877 g/mol. The Balaban J connectivity index is 0.000000276. The van der Waals surface area contributed by atoms with Crippen molar-refractivity contribution in [1.29, 1.82) is 10.5 Å². The minimum absolute atomic E-state index is 0.0165. The summed E-state index contributed by atoms with van der Waals surface area (Å²) in [5, 5.41) is 31.1. The average Bonchev–Trinajstić information content (AvgIpc) is 3.72. The SMILES string of the molecule is CC(C)C[C@H](N[C@@H](c1ccc(Br)cc1)c1cc(Br)cs1)C(=O)NCC#N.CCC[C@H](N[C@@H](c1ccc(Br)cc1)C(F)(F)F)C(=O)NC1(C#N)CC1. The lowest BCUT2D eigenvalue weighted by Gasteiger charge is -2.28. The Morgan fingerprint density at radius 2 is 1.49 bits per heavy atom. The highest BCUT2D eigenvalue weighted by atomic mass is 79.9. The zero-order valence-corrected chi connectivity index (χ0v) is 33.9. The summed E-state index contributed by atoms with van der Waals surface area (Å²) >= 11 is 11.8. The molecule has 1 saturated carbocycles. The first-order valence-corrected chi connectivity index (χ1v) is 19.6. The number of carbonyl (C=O) groups excluding carboxylic acids is 2. The lowest BCUT2D eigenvalue weighted by Crippen LogP contribution is -2.51. The molecule has 0 spiro atoms. The maximum atomic E-state index is 13.5. The normalized spacial score (nSPS) is 15.6. The van der Waals surface area contributed by atoms with Gasteiger partial charge in [-0.2, -0.15) is 23.7 Å². The fraction of sp³-hybridized carbons (Fsp3) is 0.444. The van der Waals surface area contributed by atoms with Gasteiger partial charge in [-0.3, -0.25) is 20.2 Å². The fourth-order valence-corrected chi connectivity index (χ4v) is 7.24. The van der Waals surface area contributed by atoms with Crippen LogP contribution in [0.2, 0.25) is 0 Å². The molecule has 0 bridgehead atoms. The van der Waals surface area contributed by atoms with Gasteiger partial charge in [-0.15, -0.1) is 11.3 Å². The van der Waals surface area contributed by atoms with Crippen molar-refractivity contribution in [3.05, 3.63) is 89.4 Å². The highest BCUT2D eigenvalue weighted by Crippen LogP contribution is 2.36. The number of rotatable bonds is 15. The average molecular weight is 918 g/mol. The van der Waals surface area contributed by atoms with E-state index in [0.717, 1.165) is 19.4 Å². The Morgan fingerprint density at radius 1 is 0.902 bits per heavy atom. The summed E-state index contributed by atoms with van der Waals surface area (Å²) in [5.74, 6) is -0.355. The maximum absolute atomic E-state index is 13.5. The molecule has 4 atom stereocenters. The number of alkyl halides is 3. The van der Waals surface area contributed by atoms with Crippen LogP contribution >= 0.6 is 59.1 Å².